The zero-order valence-corrected chi connectivity index (χ0v) is 17.3. The summed E-state index contributed by atoms with van der Waals surface area (Å²) >= 11 is 0. The van der Waals surface area contributed by atoms with E-state index in [4.69, 9.17) is 19.3 Å². The molecular weight excluding hydrogens is 388 g/mol. The first-order valence-corrected chi connectivity index (χ1v) is 9.65. The Bertz CT molecular complexity index is 904. The van der Waals surface area contributed by atoms with Crippen LogP contribution in [0.2, 0.25) is 0 Å². The van der Waals surface area contributed by atoms with Crippen molar-refractivity contribution in [2.45, 2.75) is 32.8 Å². The molecule has 1 N–H and O–H groups in total. The van der Waals surface area contributed by atoms with Crippen LogP contribution in [0.3, 0.4) is 0 Å². The van der Waals surface area contributed by atoms with E-state index in [2.05, 4.69) is 0 Å². The van der Waals surface area contributed by atoms with Gasteiger partial charge in [-0.25, -0.2) is 4.79 Å². The van der Waals surface area contributed by atoms with Gasteiger partial charge in [0, 0.05) is 18.2 Å². The molecule has 0 aliphatic rings. The number of hydrogen-bond acceptors (Lipinski definition) is 6. The van der Waals surface area contributed by atoms with E-state index < -0.39 is 17.9 Å². The molecule has 0 radical (unpaired) electrons. The van der Waals surface area contributed by atoms with Gasteiger partial charge in [0.25, 0.3) is 5.78 Å². The number of carbonyl (C=O) groups excluding carboxylic acids is 2. The lowest BCUT2D eigenvalue weighted by Crippen LogP contribution is -2.30. The van der Waals surface area contributed by atoms with Crippen LogP contribution in [0.25, 0.3) is 0 Å². The number of ether oxygens (including phenoxy) is 3. The Morgan fingerprint density at radius 1 is 1.03 bits per heavy atom. The van der Waals surface area contributed by atoms with E-state index in [1.165, 1.54) is 19.1 Å². The quantitative estimate of drug-likeness (QED) is 0.419. The molecule has 0 amide bonds. The lowest BCUT2D eigenvalue weighted by atomic mass is 10.0. The number of aliphatic carboxylic acids is 1. The highest BCUT2D eigenvalue weighted by atomic mass is 16.6. The second-order valence-electron chi connectivity index (χ2n) is 6.80. The molecular formula is C23H26O7. The number of rotatable bonds is 12. The van der Waals surface area contributed by atoms with Gasteiger partial charge in [-0.15, -0.1) is 0 Å². The molecule has 1 atom stereocenters. The van der Waals surface area contributed by atoms with Crippen molar-refractivity contribution >= 4 is 17.5 Å². The fourth-order valence-electron chi connectivity index (χ4n) is 2.90. The number of hydrogen-bond donors (Lipinski definition) is 1. The molecule has 30 heavy (non-hydrogen) atoms. The van der Waals surface area contributed by atoms with Crippen molar-refractivity contribution in [1.82, 2.24) is 0 Å². The van der Waals surface area contributed by atoms with Gasteiger partial charge in [-0.3, -0.25) is 9.59 Å². The normalized spacial score (nSPS) is 11.6. The summed E-state index contributed by atoms with van der Waals surface area (Å²) < 4.78 is 17.0. The lowest BCUT2D eigenvalue weighted by molar-refractivity contribution is -0.131. The second-order valence-corrected chi connectivity index (χ2v) is 6.80. The van der Waals surface area contributed by atoms with Gasteiger partial charge < -0.3 is 19.3 Å². The Balaban J connectivity index is 2.14. The van der Waals surface area contributed by atoms with Crippen molar-refractivity contribution in [3.05, 3.63) is 59.2 Å². The minimum absolute atomic E-state index is 0.00790. The Morgan fingerprint density at radius 2 is 1.80 bits per heavy atom. The second kappa shape index (κ2) is 11.1. The molecule has 2 rings (SSSR count). The average molecular weight is 414 g/mol. The van der Waals surface area contributed by atoms with Crippen LogP contribution in [0.5, 0.6) is 11.5 Å². The molecule has 0 saturated heterocycles. The highest BCUT2D eigenvalue weighted by molar-refractivity contribution is 6.39. The van der Waals surface area contributed by atoms with E-state index in [1.54, 1.807) is 31.4 Å². The number of aryl methyl sites for hydroxylation is 1. The summed E-state index contributed by atoms with van der Waals surface area (Å²) in [4.78, 5) is 34.2. The first-order valence-electron chi connectivity index (χ1n) is 9.65. The molecule has 7 nitrogen and oxygen atoms in total. The number of carboxylic acid groups (broad SMARTS) is 1. The lowest BCUT2D eigenvalue weighted by Gasteiger charge is -2.21. The first kappa shape index (κ1) is 23.1. The van der Waals surface area contributed by atoms with Crippen molar-refractivity contribution in [2.75, 3.05) is 20.3 Å². The molecule has 160 valence electrons. The average Bonchev–Trinajstić information content (AvgIpc) is 2.73. The predicted octanol–water partition coefficient (Wildman–Crippen LogP) is 3.58. The van der Waals surface area contributed by atoms with Gasteiger partial charge in [-0.05, 0) is 49.2 Å². The molecule has 2 aromatic rings. The summed E-state index contributed by atoms with van der Waals surface area (Å²) in [5.41, 5.74) is 1.60. The third-order valence-corrected chi connectivity index (χ3v) is 4.36. The molecule has 7 heteroatoms. The predicted molar refractivity (Wildman–Crippen MR) is 111 cm³/mol. The molecule has 0 fully saturated rings. The standard InChI is InChI=1S/C23H26O7/c1-4-6-17-11-16(15(2)24)9-10-21(17)30-20(13-28-3)14-29-19-8-5-7-18(12-19)22(25)23(26)27/h5,7-12,20H,4,6,13-14H2,1-3H3,(H,26,27). The van der Waals surface area contributed by atoms with Crippen LogP contribution >= 0.6 is 0 Å². The molecule has 1 unspecified atom stereocenters. The van der Waals surface area contributed by atoms with E-state index in [0.717, 1.165) is 18.4 Å². The maximum absolute atomic E-state index is 11.7. The summed E-state index contributed by atoms with van der Waals surface area (Å²) in [5, 5.41) is 8.85. The van der Waals surface area contributed by atoms with Gasteiger partial charge in [0.05, 0.1) is 6.61 Å². The van der Waals surface area contributed by atoms with Crippen molar-refractivity contribution in [2.24, 2.45) is 0 Å². The molecule has 2 aromatic carbocycles. The van der Waals surface area contributed by atoms with Gasteiger partial charge in [0.15, 0.2) is 11.9 Å². The zero-order valence-electron chi connectivity index (χ0n) is 17.3. The van der Waals surface area contributed by atoms with E-state index >= 15 is 0 Å². The summed E-state index contributed by atoms with van der Waals surface area (Å²) in [7, 11) is 1.55. The van der Waals surface area contributed by atoms with Crippen LogP contribution in [-0.4, -0.2) is 49.1 Å². The summed E-state index contributed by atoms with van der Waals surface area (Å²) in [6.07, 6.45) is 1.21. The molecule has 0 aromatic heterocycles. The number of Topliss-reactive ketones (excluding diaryl/α,β-unsaturated/α-hetero) is 2. The fourth-order valence-corrected chi connectivity index (χ4v) is 2.90. The third-order valence-electron chi connectivity index (χ3n) is 4.36. The van der Waals surface area contributed by atoms with Crippen LogP contribution in [-0.2, 0) is 16.0 Å². The monoisotopic (exact) mass is 414 g/mol. The zero-order chi connectivity index (χ0) is 22.1. The van der Waals surface area contributed by atoms with Crippen molar-refractivity contribution in [3.8, 4) is 11.5 Å². The third kappa shape index (κ3) is 6.42. The van der Waals surface area contributed by atoms with Crippen LogP contribution in [0.4, 0.5) is 0 Å². The summed E-state index contributed by atoms with van der Waals surface area (Å²) in [6, 6.07) is 11.3. The highest BCUT2D eigenvalue weighted by Gasteiger charge is 2.17. The van der Waals surface area contributed by atoms with Gasteiger partial charge in [0.2, 0.25) is 0 Å². The largest absolute Gasteiger partial charge is 0.490 e. The minimum Gasteiger partial charge on any atom is -0.490 e. The van der Waals surface area contributed by atoms with Crippen LogP contribution in [0.1, 0.15) is 46.5 Å². The van der Waals surface area contributed by atoms with E-state index in [9.17, 15) is 14.4 Å². The Kier molecular flexibility index (Phi) is 8.55. The van der Waals surface area contributed by atoms with E-state index in [-0.39, 0.29) is 24.6 Å². The van der Waals surface area contributed by atoms with Gasteiger partial charge in [-0.1, -0.05) is 25.5 Å². The Morgan fingerprint density at radius 3 is 2.43 bits per heavy atom. The number of methoxy groups -OCH3 is 1. The maximum atomic E-state index is 11.7. The highest BCUT2D eigenvalue weighted by Crippen LogP contribution is 2.24. The van der Waals surface area contributed by atoms with Crippen LogP contribution in [0, 0.1) is 0 Å². The summed E-state index contributed by atoms with van der Waals surface area (Å²) in [5.74, 6) is -1.52. The van der Waals surface area contributed by atoms with E-state index in [1.807, 2.05) is 13.0 Å². The fraction of sp³-hybridized carbons (Fsp3) is 0.348. The number of ketones is 2. The molecule has 0 aliphatic heterocycles. The SMILES string of the molecule is CCCc1cc(C(C)=O)ccc1OC(COC)COc1cccc(C(=O)C(=O)O)c1. The first-order chi connectivity index (χ1) is 14.3. The molecule has 0 aliphatic carbocycles. The molecule has 0 spiro atoms. The topological polar surface area (TPSA) is 99.1 Å². The van der Waals surface area contributed by atoms with Crippen LogP contribution < -0.4 is 9.47 Å². The van der Waals surface area contributed by atoms with Crippen molar-refractivity contribution < 1.29 is 33.7 Å². The smallest absolute Gasteiger partial charge is 0.377 e. The van der Waals surface area contributed by atoms with E-state index in [0.29, 0.717) is 17.1 Å². The molecule has 0 bridgehead atoms. The van der Waals surface area contributed by atoms with Crippen LogP contribution in [0.15, 0.2) is 42.5 Å². The van der Waals surface area contributed by atoms with Gasteiger partial charge in [0.1, 0.15) is 18.1 Å². The molecule has 0 heterocycles. The molecule has 0 saturated carbocycles. The minimum atomic E-state index is -1.52. The van der Waals surface area contributed by atoms with Crippen molar-refractivity contribution in [1.29, 1.82) is 0 Å². The number of carboxylic acids is 1. The number of benzene rings is 2. The van der Waals surface area contributed by atoms with Crippen molar-refractivity contribution in [3.63, 3.8) is 0 Å². The Labute approximate surface area is 175 Å². The van der Waals surface area contributed by atoms with Gasteiger partial charge >= 0.3 is 5.97 Å². The number of carbonyl (C=O) groups is 3. The maximum Gasteiger partial charge on any atom is 0.377 e. The Hall–Kier alpha value is -3.19. The van der Waals surface area contributed by atoms with Gasteiger partial charge in [-0.2, -0.15) is 0 Å². The summed E-state index contributed by atoms with van der Waals surface area (Å²) in [6.45, 7) is 3.95.